The van der Waals surface area contributed by atoms with Crippen molar-refractivity contribution >= 4 is 121 Å². The highest BCUT2D eigenvalue weighted by Gasteiger charge is 2.37. The summed E-state index contributed by atoms with van der Waals surface area (Å²) in [5.74, 6) is 2.99. The molecule has 1 heterocycles. The van der Waals surface area contributed by atoms with Gasteiger partial charge in [-0.15, -0.1) is 6.58 Å². The second-order valence-electron chi connectivity index (χ2n) is 35.8. The van der Waals surface area contributed by atoms with Crippen LogP contribution in [0.1, 0.15) is 166 Å². The van der Waals surface area contributed by atoms with Crippen LogP contribution in [0.15, 0.2) is 231 Å². The van der Waals surface area contributed by atoms with Gasteiger partial charge in [-0.25, -0.2) is 9.59 Å². The number of anilines is 5. The minimum atomic E-state index is -0.767. The summed E-state index contributed by atoms with van der Waals surface area (Å²) in [6.07, 6.45) is 4.83. The number of benzene rings is 14. The van der Waals surface area contributed by atoms with Crippen molar-refractivity contribution in [1.82, 2.24) is 0 Å². The Morgan fingerprint density at radius 3 is 1.09 bits per heavy atom. The van der Waals surface area contributed by atoms with E-state index in [1.807, 2.05) is 43.3 Å². The number of rotatable bonds is 22. The Balaban J connectivity index is 1.09. The largest absolute Gasteiger partial charge is 0.457 e. The van der Waals surface area contributed by atoms with Gasteiger partial charge in [-0.3, -0.25) is 0 Å². The van der Waals surface area contributed by atoms with Gasteiger partial charge in [-0.1, -0.05) is 180 Å². The van der Waals surface area contributed by atoms with Crippen molar-refractivity contribution in [1.29, 1.82) is 0 Å². The lowest BCUT2D eigenvalue weighted by Crippen LogP contribution is -2.24. The fourth-order valence-corrected chi connectivity index (χ4v) is 18.1. The van der Waals surface area contributed by atoms with Crippen LogP contribution in [-0.2, 0) is 21.0 Å². The number of esters is 2. The predicted molar refractivity (Wildman–Crippen MR) is 466 cm³/mol. The predicted octanol–water partition coefficient (Wildman–Crippen LogP) is 28.4. The smallest absolute Gasteiger partial charge is 0.346 e. The monoisotopic (exact) mass is 1470 g/mol. The lowest BCUT2D eigenvalue weighted by molar-refractivity contribution is 0.0390. The van der Waals surface area contributed by atoms with Gasteiger partial charge in [0.05, 0.1) is 16.8 Å². The van der Waals surface area contributed by atoms with Gasteiger partial charge in [0.15, 0.2) is 0 Å². The average Bonchev–Trinajstić information content (AvgIpc) is 0.674. The normalized spacial score (nSPS) is 13.2. The molecule has 0 amide bonds. The Kier molecular flexibility index (Phi) is 18.7. The molecule has 15 rings (SSSR count). The summed E-state index contributed by atoms with van der Waals surface area (Å²) in [4.78, 5) is 35.9. The summed E-state index contributed by atoms with van der Waals surface area (Å²) in [6, 6.07) is 69.9. The van der Waals surface area contributed by atoms with Gasteiger partial charge in [0, 0.05) is 100 Å². The lowest BCUT2D eigenvalue weighted by Gasteiger charge is -2.33. The van der Waals surface area contributed by atoms with Gasteiger partial charge in [-0.2, -0.15) is 0 Å². The topological polar surface area (TPSA) is 90.0 Å². The Bertz CT molecular complexity index is 6010. The first kappa shape index (κ1) is 74.8. The van der Waals surface area contributed by atoms with E-state index in [1.54, 1.807) is 12.1 Å². The van der Waals surface area contributed by atoms with Crippen molar-refractivity contribution in [3.05, 3.63) is 264 Å². The van der Waals surface area contributed by atoms with Crippen LogP contribution < -0.4 is 33.6 Å². The van der Waals surface area contributed by atoms with Crippen molar-refractivity contribution in [3.63, 3.8) is 0 Å². The Labute approximate surface area is 653 Å². The zero-order chi connectivity index (χ0) is 78.9. The van der Waals surface area contributed by atoms with Gasteiger partial charge < -0.3 is 38.4 Å². The average molecular weight is 1470 g/mol. The molecule has 0 N–H and O–H groups in total. The molecule has 0 spiro atoms. The number of carbonyl (C=O) groups is 2. The van der Waals surface area contributed by atoms with Crippen molar-refractivity contribution in [2.75, 3.05) is 42.9 Å². The van der Waals surface area contributed by atoms with Crippen LogP contribution in [0.4, 0.5) is 28.4 Å². The summed E-state index contributed by atoms with van der Waals surface area (Å²) < 4.78 is 35.5. The second kappa shape index (κ2) is 27.7. The van der Waals surface area contributed by atoms with E-state index >= 15 is 0 Å². The second-order valence-corrected chi connectivity index (χ2v) is 35.8. The molecule has 0 saturated carbocycles. The van der Waals surface area contributed by atoms with Gasteiger partial charge in [0.25, 0.3) is 0 Å². The minimum absolute atomic E-state index is 0.0790. The first-order chi connectivity index (χ1) is 52.5. The van der Waals surface area contributed by atoms with Crippen molar-refractivity contribution in [2.24, 2.45) is 10.8 Å². The SMILES string of the molecule is C=C(C)/C=C(\C)c1ccc(Oc2cc3c4c(cc(Oc5ccc(C(C)(C)CC(C)(C)C)cc5)c5c6ccc7c8c(Oc9ccc(C(C)(C)CC(C)(C)C)cc9)cc(N(c9ccc(N(C)C)cc9)c9ccc(N(C)C)cc9)c9ccc(Oc%10ccc(C(C)(C)CC(=C)C)cc%10)c(c%10ccc(c2c45)c6c%107)c98)C(=O)OC3=O)cc1. The van der Waals surface area contributed by atoms with Gasteiger partial charge in [0.2, 0.25) is 0 Å². The maximum Gasteiger partial charge on any atom is 0.346 e. The lowest BCUT2D eigenvalue weighted by atomic mass is 9.72. The molecule has 0 bridgehead atoms. The quantitative estimate of drug-likeness (QED) is 0.0163. The first-order valence-electron chi connectivity index (χ1n) is 38.7. The molecule has 111 heavy (non-hydrogen) atoms. The summed E-state index contributed by atoms with van der Waals surface area (Å²) in [7, 11) is 8.26. The molecule has 0 atom stereocenters. The highest BCUT2D eigenvalue weighted by Crippen LogP contribution is 2.58. The fraction of sp³-hybridized carbons (Fsp3) is 0.267. The maximum atomic E-state index is 14.7. The van der Waals surface area contributed by atoms with E-state index in [4.69, 9.17) is 23.7 Å². The third-order valence-electron chi connectivity index (χ3n) is 22.2. The molecule has 0 unspecified atom stereocenters. The zero-order valence-electron chi connectivity index (χ0n) is 67.9. The molecule has 0 aliphatic carbocycles. The molecule has 1 aliphatic heterocycles. The molecule has 10 nitrogen and oxygen atoms in total. The highest BCUT2D eigenvalue weighted by atomic mass is 16.6. The summed E-state index contributed by atoms with van der Waals surface area (Å²) in [6.45, 7) is 42.0. The summed E-state index contributed by atoms with van der Waals surface area (Å²) >= 11 is 0. The molecular weight excluding hydrogens is 1370 g/mol. The molecule has 14 aromatic carbocycles. The van der Waals surface area contributed by atoms with Crippen LogP contribution in [0.2, 0.25) is 0 Å². The molecule has 0 fully saturated rings. The Morgan fingerprint density at radius 2 is 0.712 bits per heavy atom. The number of nitrogens with zero attached hydrogens (tertiary/aromatic N) is 3. The van der Waals surface area contributed by atoms with E-state index in [0.29, 0.717) is 67.5 Å². The van der Waals surface area contributed by atoms with Gasteiger partial charge in [-0.05, 0) is 249 Å². The standard InChI is InChI=1S/C101H101N3O7/c1-59(2)52-61(5)62-22-38-70(39-23-62)108-83-53-79-88-80(96(106)111-95(79)105)54-84(109-72-42-26-64(27-43-72)100(14,15)57-97(6,7)8)92-78-49-47-76-86-75(46-48-77(87(78)86)91(83)94(88)92)89-82(107-71-40-24-63(25-41-71)99(12,13)56-60(3)4)51-50-74-81(104(68-34-30-66(31-35-68)102(18)19)69-36-32-67(33-37-69)103(20)21)55-85(90(76)93(74)89)110-73-44-28-65(29-45-73)101(16,17)58-98(9,10)11/h22-55H,1,3,56-58H2,2,4-21H3/b61-52+. The Morgan fingerprint density at radius 1 is 0.369 bits per heavy atom. The molecule has 1 aliphatic rings. The molecule has 562 valence electrons. The molecule has 0 aromatic heterocycles. The van der Waals surface area contributed by atoms with Crippen LogP contribution >= 0.6 is 0 Å². The van der Waals surface area contributed by atoms with Crippen LogP contribution in [0.3, 0.4) is 0 Å². The third-order valence-corrected chi connectivity index (χ3v) is 22.2. The number of hydrogen-bond acceptors (Lipinski definition) is 10. The summed E-state index contributed by atoms with van der Waals surface area (Å²) in [5, 5.41) is 11.4. The zero-order valence-corrected chi connectivity index (χ0v) is 67.9. The van der Waals surface area contributed by atoms with E-state index in [2.05, 4.69) is 311 Å². The van der Waals surface area contributed by atoms with Crippen LogP contribution in [0, 0.1) is 10.8 Å². The van der Waals surface area contributed by atoms with Crippen LogP contribution in [-0.4, -0.2) is 40.1 Å². The Hall–Kier alpha value is -11.6. The fourth-order valence-electron chi connectivity index (χ4n) is 18.1. The molecule has 10 heteroatoms. The number of ether oxygens (including phenoxy) is 5. The third kappa shape index (κ3) is 14.1. The van der Waals surface area contributed by atoms with E-state index in [9.17, 15) is 9.59 Å². The van der Waals surface area contributed by atoms with Crippen LogP contribution in [0.25, 0.3) is 81.0 Å². The van der Waals surface area contributed by atoms with E-state index in [0.717, 1.165) is 124 Å². The number of carbonyl (C=O) groups excluding carboxylic acids is 2. The van der Waals surface area contributed by atoms with E-state index in [-0.39, 0.29) is 38.2 Å². The van der Waals surface area contributed by atoms with Crippen molar-refractivity contribution < 1.29 is 33.3 Å². The number of hydrogen-bond donors (Lipinski definition) is 0. The molecule has 0 radical (unpaired) electrons. The molecule has 14 aromatic rings. The van der Waals surface area contributed by atoms with Crippen LogP contribution in [0.5, 0.6) is 46.0 Å². The van der Waals surface area contributed by atoms with E-state index < -0.39 is 11.9 Å². The van der Waals surface area contributed by atoms with Gasteiger partial charge in [0.1, 0.15) is 46.0 Å². The molecular formula is C101H101N3O7. The number of cyclic esters (lactones) is 2. The molecule has 0 saturated heterocycles. The van der Waals surface area contributed by atoms with Gasteiger partial charge >= 0.3 is 11.9 Å². The van der Waals surface area contributed by atoms with Crippen molar-refractivity contribution in [2.45, 2.75) is 139 Å². The number of allylic oxidation sites excluding steroid dienone is 4. The van der Waals surface area contributed by atoms with E-state index in [1.165, 1.54) is 16.7 Å². The van der Waals surface area contributed by atoms with Crippen molar-refractivity contribution in [3.8, 4) is 46.0 Å². The number of fused-ring (bicyclic) bond motifs is 4. The minimum Gasteiger partial charge on any atom is -0.457 e. The highest BCUT2D eigenvalue weighted by molar-refractivity contribution is 6.46. The first-order valence-corrected chi connectivity index (χ1v) is 38.7. The maximum absolute atomic E-state index is 14.7. The summed E-state index contributed by atoms with van der Waals surface area (Å²) in [5.41, 5.74) is 12.7.